The number of ether oxygens (including phenoxy) is 2. The molecule has 3 nitrogen and oxygen atoms in total. The molecule has 0 atom stereocenters. The Morgan fingerprint density at radius 3 is 2.00 bits per heavy atom. The third-order valence-corrected chi connectivity index (χ3v) is 5.99. The van der Waals surface area contributed by atoms with Gasteiger partial charge in [0.1, 0.15) is 5.75 Å². The van der Waals surface area contributed by atoms with Gasteiger partial charge in [-0.25, -0.2) is 4.79 Å². The molecule has 1 heterocycles. The molecule has 0 saturated heterocycles. The second kappa shape index (κ2) is 7.86. The van der Waals surface area contributed by atoms with Crippen LogP contribution in [-0.2, 0) is 10.3 Å². The van der Waals surface area contributed by atoms with E-state index < -0.39 is 11.6 Å². The van der Waals surface area contributed by atoms with Crippen molar-refractivity contribution in [2.24, 2.45) is 0 Å². The third-order valence-electron chi connectivity index (χ3n) is 5.99. The van der Waals surface area contributed by atoms with Gasteiger partial charge in [-0.3, -0.25) is 0 Å². The number of methoxy groups -OCH3 is 1. The summed E-state index contributed by atoms with van der Waals surface area (Å²) in [5.74, 6) is 0.240. The first-order valence-electron chi connectivity index (χ1n) is 10.5. The van der Waals surface area contributed by atoms with Crippen LogP contribution in [0.25, 0.3) is 22.9 Å². The fourth-order valence-electron chi connectivity index (χ4n) is 4.50. The largest absolute Gasteiger partial charge is 0.472 e. The predicted molar refractivity (Wildman–Crippen MR) is 129 cm³/mol. The molecule has 0 aliphatic carbocycles. The van der Waals surface area contributed by atoms with Gasteiger partial charge in [-0.1, -0.05) is 97.6 Å². The molecular formula is C29H22O3. The Morgan fingerprint density at radius 1 is 0.875 bits per heavy atom. The summed E-state index contributed by atoms with van der Waals surface area (Å²) in [6.07, 6.45) is 5.71. The van der Waals surface area contributed by atoms with E-state index in [1.54, 1.807) is 6.08 Å². The smallest absolute Gasteiger partial charge is 0.339 e. The van der Waals surface area contributed by atoms with Gasteiger partial charge in [0, 0.05) is 22.1 Å². The number of fused-ring (bicyclic) bond motifs is 3. The lowest BCUT2D eigenvalue weighted by molar-refractivity contribution is 0.0599. The highest BCUT2D eigenvalue weighted by atomic mass is 16.5. The molecule has 0 aromatic heterocycles. The molecule has 0 unspecified atom stereocenters. The van der Waals surface area contributed by atoms with Crippen molar-refractivity contribution >= 4 is 28.9 Å². The molecule has 1 aliphatic rings. The lowest BCUT2D eigenvalue weighted by atomic mass is 9.82. The number of esters is 1. The minimum absolute atomic E-state index is 0.415. The topological polar surface area (TPSA) is 35.5 Å². The van der Waals surface area contributed by atoms with Gasteiger partial charge in [-0.15, -0.1) is 0 Å². The summed E-state index contributed by atoms with van der Waals surface area (Å²) in [4.78, 5) is 12.9. The fraction of sp³-hybridized carbons (Fsp3) is 0.0690. The number of rotatable bonds is 4. The molecule has 0 spiro atoms. The highest BCUT2D eigenvalue weighted by molar-refractivity contribution is 6.09. The Kier molecular flexibility index (Phi) is 4.87. The van der Waals surface area contributed by atoms with Crippen LogP contribution in [0.15, 0.2) is 97.6 Å². The van der Waals surface area contributed by atoms with Gasteiger partial charge in [-0.05, 0) is 23.1 Å². The SMILES string of the molecule is C=Cc1c(C(=O)OC)c2c(c3ccccc13)OC(c1ccccc1)(c1ccccc1)C=C2. The first-order valence-corrected chi connectivity index (χ1v) is 10.5. The summed E-state index contributed by atoms with van der Waals surface area (Å²) < 4.78 is 12.0. The summed E-state index contributed by atoms with van der Waals surface area (Å²) in [6, 6.07) is 28.2. The Morgan fingerprint density at radius 2 is 1.44 bits per heavy atom. The summed E-state index contributed by atoms with van der Waals surface area (Å²) in [5, 5.41) is 1.82. The molecule has 0 bridgehead atoms. The molecule has 0 amide bonds. The van der Waals surface area contributed by atoms with E-state index >= 15 is 0 Å². The Hall–Kier alpha value is -4.11. The molecular weight excluding hydrogens is 396 g/mol. The summed E-state index contributed by atoms with van der Waals surface area (Å²) >= 11 is 0. The zero-order valence-electron chi connectivity index (χ0n) is 17.7. The average Bonchev–Trinajstić information content (AvgIpc) is 2.88. The minimum Gasteiger partial charge on any atom is -0.472 e. The molecule has 0 fully saturated rings. The Bertz CT molecular complexity index is 1310. The maximum absolute atomic E-state index is 12.9. The quantitative estimate of drug-likeness (QED) is 0.350. The summed E-state index contributed by atoms with van der Waals surface area (Å²) in [6.45, 7) is 3.96. The highest BCUT2D eigenvalue weighted by Gasteiger charge is 2.39. The van der Waals surface area contributed by atoms with Crippen LogP contribution >= 0.6 is 0 Å². The van der Waals surface area contributed by atoms with Crippen molar-refractivity contribution in [2.75, 3.05) is 7.11 Å². The lowest BCUT2D eigenvalue weighted by Crippen LogP contribution is -2.34. The summed E-state index contributed by atoms with van der Waals surface area (Å²) in [7, 11) is 1.39. The van der Waals surface area contributed by atoms with Gasteiger partial charge in [0.15, 0.2) is 5.60 Å². The maximum atomic E-state index is 12.9. The maximum Gasteiger partial charge on any atom is 0.339 e. The number of hydrogen-bond acceptors (Lipinski definition) is 3. The van der Waals surface area contributed by atoms with Crippen molar-refractivity contribution in [3.8, 4) is 5.75 Å². The number of hydrogen-bond donors (Lipinski definition) is 0. The van der Waals surface area contributed by atoms with E-state index in [2.05, 4.69) is 30.8 Å². The van der Waals surface area contributed by atoms with E-state index in [1.807, 2.05) is 72.8 Å². The van der Waals surface area contributed by atoms with Crippen molar-refractivity contribution in [3.63, 3.8) is 0 Å². The van der Waals surface area contributed by atoms with E-state index in [0.29, 0.717) is 16.9 Å². The van der Waals surface area contributed by atoms with Crippen molar-refractivity contribution < 1.29 is 14.3 Å². The van der Waals surface area contributed by atoms with Gasteiger partial charge in [0.05, 0.1) is 12.7 Å². The Labute approximate surface area is 187 Å². The second-order valence-electron chi connectivity index (χ2n) is 7.68. The van der Waals surface area contributed by atoms with E-state index in [-0.39, 0.29) is 0 Å². The highest BCUT2D eigenvalue weighted by Crippen LogP contribution is 2.47. The normalized spacial score (nSPS) is 13.8. The number of carbonyl (C=O) groups is 1. The van der Waals surface area contributed by atoms with Crippen LogP contribution in [0.4, 0.5) is 0 Å². The van der Waals surface area contributed by atoms with Crippen LogP contribution in [0.5, 0.6) is 5.75 Å². The first-order chi connectivity index (χ1) is 15.7. The zero-order chi connectivity index (χ0) is 22.1. The molecule has 156 valence electrons. The zero-order valence-corrected chi connectivity index (χ0v) is 17.7. The molecule has 4 aromatic carbocycles. The minimum atomic E-state index is -0.832. The third kappa shape index (κ3) is 2.94. The molecule has 0 saturated carbocycles. The van der Waals surface area contributed by atoms with E-state index in [9.17, 15) is 4.79 Å². The van der Waals surface area contributed by atoms with Gasteiger partial charge >= 0.3 is 5.97 Å². The van der Waals surface area contributed by atoms with Crippen molar-refractivity contribution in [1.82, 2.24) is 0 Å². The van der Waals surface area contributed by atoms with Crippen LogP contribution in [0, 0.1) is 0 Å². The van der Waals surface area contributed by atoms with Crippen LogP contribution in [0.3, 0.4) is 0 Å². The summed E-state index contributed by atoms with van der Waals surface area (Å²) in [5.41, 5.74) is 3.08. The van der Waals surface area contributed by atoms with Gasteiger partial charge in [0.2, 0.25) is 0 Å². The van der Waals surface area contributed by atoms with E-state index in [0.717, 1.165) is 27.5 Å². The molecule has 3 heteroatoms. The Balaban J connectivity index is 1.86. The molecule has 1 aliphatic heterocycles. The fourth-order valence-corrected chi connectivity index (χ4v) is 4.50. The van der Waals surface area contributed by atoms with Crippen molar-refractivity contribution in [1.29, 1.82) is 0 Å². The molecule has 32 heavy (non-hydrogen) atoms. The van der Waals surface area contributed by atoms with Gasteiger partial charge in [-0.2, -0.15) is 0 Å². The van der Waals surface area contributed by atoms with E-state index in [4.69, 9.17) is 9.47 Å². The number of carbonyl (C=O) groups excluding carboxylic acids is 1. The van der Waals surface area contributed by atoms with Crippen LogP contribution in [0.2, 0.25) is 0 Å². The lowest BCUT2D eigenvalue weighted by Gasteiger charge is -2.37. The second-order valence-corrected chi connectivity index (χ2v) is 7.68. The van der Waals surface area contributed by atoms with Crippen LogP contribution in [0.1, 0.15) is 32.6 Å². The molecule has 0 radical (unpaired) electrons. The first kappa shape index (κ1) is 19.8. The average molecular weight is 418 g/mol. The molecule has 0 N–H and O–H groups in total. The van der Waals surface area contributed by atoms with Gasteiger partial charge in [0.25, 0.3) is 0 Å². The van der Waals surface area contributed by atoms with E-state index in [1.165, 1.54) is 7.11 Å². The molecule has 5 rings (SSSR count). The van der Waals surface area contributed by atoms with Crippen molar-refractivity contribution in [3.05, 3.63) is 125 Å². The predicted octanol–water partition coefficient (Wildman–Crippen LogP) is 6.62. The van der Waals surface area contributed by atoms with Crippen LogP contribution < -0.4 is 4.74 Å². The van der Waals surface area contributed by atoms with Crippen LogP contribution in [-0.4, -0.2) is 13.1 Å². The monoisotopic (exact) mass is 418 g/mol. The molecule has 4 aromatic rings. The van der Waals surface area contributed by atoms with Crippen molar-refractivity contribution in [2.45, 2.75) is 5.60 Å². The van der Waals surface area contributed by atoms with Gasteiger partial charge < -0.3 is 9.47 Å². The number of benzene rings is 4. The standard InChI is InChI=1S/C29H22O3/c1-3-22-23-16-10-11-17-24(23)27-25(26(22)28(30)31-2)18-19-29(32-27,20-12-6-4-7-13-20)21-14-8-5-9-15-21/h3-19H,1H2,2H3.